The summed E-state index contributed by atoms with van der Waals surface area (Å²) in [5, 5.41) is 1.51. The van der Waals surface area contributed by atoms with Crippen LogP contribution in [0.5, 0.6) is 5.88 Å². The van der Waals surface area contributed by atoms with Crippen LogP contribution in [0.15, 0.2) is 30.6 Å². The number of nitrogens with two attached hydrogens (primary N) is 1. The average Bonchev–Trinajstić information content (AvgIpc) is 3.30. The fraction of sp³-hybridized carbons (Fsp3) is 0.500. The molecule has 170 valence electrons. The van der Waals surface area contributed by atoms with E-state index >= 15 is 0 Å². The Morgan fingerprint density at radius 2 is 1.97 bits per heavy atom. The van der Waals surface area contributed by atoms with Gasteiger partial charge in [-0.1, -0.05) is 12.1 Å². The molecular weight excluding hydrogens is 408 g/mol. The summed E-state index contributed by atoms with van der Waals surface area (Å²) in [6.45, 7) is 2.38. The van der Waals surface area contributed by atoms with Gasteiger partial charge in [0.05, 0.1) is 31.8 Å². The Morgan fingerprint density at radius 1 is 1.19 bits per heavy atom. The highest BCUT2D eigenvalue weighted by molar-refractivity contribution is 5.94. The summed E-state index contributed by atoms with van der Waals surface area (Å²) in [6.07, 6.45) is 8.39. The molecule has 32 heavy (non-hydrogen) atoms. The van der Waals surface area contributed by atoms with E-state index in [-0.39, 0.29) is 23.8 Å². The molecule has 2 fully saturated rings. The highest BCUT2D eigenvalue weighted by Gasteiger charge is 2.38. The van der Waals surface area contributed by atoms with E-state index < -0.39 is 0 Å². The summed E-state index contributed by atoms with van der Waals surface area (Å²) in [6, 6.07) is 5.70. The second-order valence-corrected chi connectivity index (χ2v) is 8.72. The van der Waals surface area contributed by atoms with Gasteiger partial charge in [0.1, 0.15) is 6.04 Å². The van der Waals surface area contributed by atoms with E-state index in [0.29, 0.717) is 36.1 Å². The van der Waals surface area contributed by atoms with E-state index in [1.807, 2.05) is 19.1 Å². The molecule has 0 bridgehead atoms. The number of nitrogens with zero attached hydrogens (tertiary/aromatic N) is 3. The van der Waals surface area contributed by atoms with Crippen molar-refractivity contribution in [1.29, 1.82) is 0 Å². The Bertz CT molecular complexity index is 988. The summed E-state index contributed by atoms with van der Waals surface area (Å²) < 4.78 is 5.17. The first-order valence-corrected chi connectivity index (χ1v) is 11.2. The van der Waals surface area contributed by atoms with Crippen LogP contribution in [0.4, 0.5) is 0 Å². The molecule has 1 aliphatic carbocycles. The van der Waals surface area contributed by atoms with Gasteiger partial charge in [-0.15, -0.1) is 0 Å². The lowest BCUT2D eigenvalue weighted by molar-refractivity contribution is -0.183. The molecule has 2 N–H and O–H groups in total. The van der Waals surface area contributed by atoms with Crippen LogP contribution in [-0.4, -0.2) is 40.6 Å². The van der Waals surface area contributed by atoms with Gasteiger partial charge in [-0.2, -0.15) is 0 Å². The molecule has 0 spiro atoms. The Labute approximate surface area is 188 Å². The molecule has 1 saturated heterocycles. The number of benzene rings is 1. The quantitative estimate of drug-likeness (QED) is 0.742. The van der Waals surface area contributed by atoms with E-state index in [2.05, 4.69) is 16.0 Å². The number of hydroxylamine groups is 2. The van der Waals surface area contributed by atoms with Crippen LogP contribution in [-0.2, 0) is 16.1 Å². The monoisotopic (exact) mass is 438 g/mol. The largest absolute Gasteiger partial charge is 0.480 e. The molecule has 2 amide bonds. The first kappa shape index (κ1) is 22.2. The van der Waals surface area contributed by atoms with Gasteiger partial charge in [0.15, 0.2) is 0 Å². The molecule has 2 aliphatic rings. The van der Waals surface area contributed by atoms with Crippen LogP contribution in [0.3, 0.4) is 0 Å². The van der Waals surface area contributed by atoms with Crippen molar-refractivity contribution in [3.05, 3.63) is 53.0 Å². The zero-order valence-corrected chi connectivity index (χ0v) is 18.6. The summed E-state index contributed by atoms with van der Waals surface area (Å²) in [4.78, 5) is 39.2. The number of methoxy groups -OCH3 is 1. The Kier molecular flexibility index (Phi) is 6.69. The van der Waals surface area contributed by atoms with E-state index in [1.165, 1.54) is 5.06 Å². The molecule has 1 atom stereocenters. The molecule has 1 aliphatic heterocycles. The maximum atomic E-state index is 13.2. The molecule has 8 nitrogen and oxygen atoms in total. The fourth-order valence-corrected chi connectivity index (χ4v) is 4.76. The number of primary amides is 1. The van der Waals surface area contributed by atoms with Crippen LogP contribution in [0, 0.1) is 18.8 Å². The number of carbonyl (C=O) groups is 2. The fourth-order valence-electron chi connectivity index (χ4n) is 4.76. The number of aromatic nitrogens is 2. The predicted octanol–water partition coefficient (Wildman–Crippen LogP) is 3.15. The maximum Gasteiger partial charge on any atom is 0.249 e. The zero-order valence-electron chi connectivity index (χ0n) is 18.6. The third-order valence-corrected chi connectivity index (χ3v) is 6.59. The van der Waals surface area contributed by atoms with Gasteiger partial charge in [0, 0.05) is 17.9 Å². The number of hydrogen-bond acceptors (Lipinski definition) is 6. The summed E-state index contributed by atoms with van der Waals surface area (Å²) in [5.41, 5.74) is 8.79. The van der Waals surface area contributed by atoms with Gasteiger partial charge in [-0.3, -0.25) is 19.4 Å². The maximum absolute atomic E-state index is 13.2. The molecule has 1 aromatic heterocycles. The van der Waals surface area contributed by atoms with Gasteiger partial charge in [-0.05, 0) is 62.1 Å². The lowest BCUT2D eigenvalue weighted by atomic mass is 9.78. The molecule has 2 aromatic rings. The van der Waals surface area contributed by atoms with Crippen molar-refractivity contribution in [2.75, 3.05) is 13.7 Å². The van der Waals surface area contributed by atoms with Crippen molar-refractivity contribution in [1.82, 2.24) is 15.0 Å². The zero-order chi connectivity index (χ0) is 22.7. The van der Waals surface area contributed by atoms with Crippen molar-refractivity contribution in [2.24, 2.45) is 17.6 Å². The molecule has 1 aromatic carbocycles. The summed E-state index contributed by atoms with van der Waals surface area (Å²) in [5.74, 6) is 0.506. The normalized spacial score (nSPS) is 23.2. The van der Waals surface area contributed by atoms with Crippen molar-refractivity contribution >= 4 is 11.8 Å². The van der Waals surface area contributed by atoms with Gasteiger partial charge in [0.2, 0.25) is 17.7 Å². The van der Waals surface area contributed by atoms with Crippen LogP contribution in [0.2, 0.25) is 0 Å². The molecule has 2 heterocycles. The first-order valence-electron chi connectivity index (χ1n) is 11.2. The lowest BCUT2D eigenvalue weighted by Gasteiger charge is -2.31. The number of carbonyl (C=O) groups excluding carboxylic acids is 2. The molecular formula is C24H30N4O4. The van der Waals surface area contributed by atoms with E-state index in [1.54, 1.807) is 19.5 Å². The Hall–Kier alpha value is -3.00. The molecule has 0 radical (unpaired) electrons. The van der Waals surface area contributed by atoms with Crippen LogP contribution >= 0.6 is 0 Å². The number of amides is 2. The van der Waals surface area contributed by atoms with Gasteiger partial charge in [-0.25, -0.2) is 10.0 Å². The minimum Gasteiger partial charge on any atom is -0.480 e. The smallest absolute Gasteiger partial charge is 0.249 e. The molecule has 1 unspecified atom stereocenters. The topological polar surface area (TPSA) is 108 Å². The van der Waals surface area contributed by atoms with Gasteiger partial charge < -0.3 is 10.5 Å². The van der Waals surface area contributed by atoms with Crippen molar-refractivity contribution in [3.63, 3.8) is 0 Å². The predicted molar refractivity (Wildman–Crippen MR) is 118 cm³/mol. The average molecular weight is 439 g/mol. The van der Waals surface area contributed by atoms with Crippen molar-refractivity contribution in [3.8, 4) is 5.88 Å². The second kappa shape index (κ2) is 9.65. The molecule has 4 rings (SSSR count). The third kappa shape index (κ3) is 4.75. The molecule has 1 saturated carbocycles. The second-order valence-electron chi connectivity index (χ2n) is 8.72. The SMILES string of the molecule is COc1cncc(C2CCON2C(=O)C2CCC(Cc3ccc(C)c(C(N)=O)c3)CC2)n1. The van der Waals surface area contributed by atoms with E-state index in [9.17, 15) is 9.59 Å². The molecule has 8 heteroatoms. The number of rotatable bonds is 6. The van der Waals surface area contributed by atoms with Crippen LogP contribution < -0.4 is 10.5 Å². The van der Waals surface area contributed by atoms with Gasteiger partial charge in [0.25, 0.3) is 0 Å². The third-order valence-electron chi connectivity index (χ3n) is 6.59. The lowest BCUT2D eigenvalue weighted by Crippen LogP contribution is -2.37. The summed E-state index contributed by atoms with van der Waals surface area (Å²) >= 11 is 0. The van der Waals surface area contributed by atoms with Crippen molar-refractivity contribution in [2.45, 2.75) is 51.5 Å². The number of aryl methyl sites for hydroxylation is 1. The first-order chi connectivity index (χ1) is 15.5. The van der Waals surface area contributed by atoms with E-state index in [4.69, 9.17) is 15.3 Å². The number of hydrogen-bond donors (Lipinski definition) is 1. The Morgan fingerprint density at radius 3 is 2.69 bits per heavy atom. The van der Waals surface area contributed by atoms with Crippen LogP contribution in [0.1, 0.15) is 65.3 Å². The Balaban J connectivity index is 1.36. The number of ether oxygens (including phenoxy) is 1. The summed E-state index contributed by atoms with van der Waals surface area (Å²) in [7, 11) is 1.55. The van der Waals surface area contributed by atoms with Crippen molar-refractivity contribution < 1.29 is 19.2 Å². The highest BCUT2D eigenvalue weighted by atomic mass is 16.7. The van der Waals surface area contributed by atoms with Crippen LogP contribution in [0.25, 0.3) is 0 Å². The minimum atomic E-state index is -0.389. The van der Waals surface area contributed by atoms with Gasteiger partial charge >= 0.3 is 0 Å². The standard InChI is InChI=1S/C24H30N4O4/c1-15-3-4-17(12-19(15)23(25)29)11-16-5-7-18(8-6-16)24(30)28-21(9-10-32-28)20-13-26-14-22(27-20)31-2/h3-4,12-14,16,18,21H,5-11H2,1-2H3,(H2,25,29). The highest BCUT2D eigenvalue weighted by Crippen LogP contribution is 2.36. The van der Waals surface area contributed by atoms with E-state index in [0.717, 1.165) is 43.2 Å². The minimum absolute atomic E-state index is 0.0296.